The molecule has 0 radical (unpaired) electrons. The number of rotatable bonds is 9. The molecule has 0 heterocycles. The highest BCUT2D eigenvalue weighted by Gasteiger charge is 2.28. The lowest BCUT2D eigenvalue weighted by Crippen LogP contribution is -2.35. The van der Waals surface area contributed by atoms with Crippen LogP contribution in [0.2, 0.25) is 0 Å². The van der Waals surface area contributed by atoms with Crippen LogP contribution in [0.15, 0.2) is 36.4 Å². The molecule has 35 heavy (non-hydrogen) atoms. The van der Waals surface area contributed by atoms with Crippen LogP contribution in [-0.4, -0.2) is 42.1 Å². The first-order valence-electron chi connectivity index (χ1n) is 11.9. The summed E-state index contributed by atoms with van der Waals surface area (Å²) in [6, 6.07) is 9.30. The van der Waals surface area contributed by atoms with Crippen molar-refractivity contribution in [3.05, 3.63) is 64.7 Å². The average Bonchev–Trinajstić information content (AvgIpc) is 3.67. The van der Waals surface area contributed by atoms with Crippen molar-refractivity contribution in [3.63, 3.8) is 0 Å². The van der Waals surface area contributed by atoms with E-state index in [1.54, 1.807) is 12.1 Å². The van der Waals surface area contributed by atoms with Crippen molar-refractivity contribution in [2.45, 2.75) is 50.5 Å². The SMILES string of the molecule is O=C(NCCNC(=O)c1c(F)cc(OC2CCC(C(=O)O)CC2)cc1F)c1ccc(C2CC2)cc1. The lowest BCUT2D eigenvalue weighted by Gasteiger charge is -2.26. The van der Waals surface area contributed by atoms with E-state index >= 15 is 0 Å². The van der Waals surface area contributed by atoms with Gasteiger partial charge in [-0.1, -0.05) is 12.1 Å². The number of carboxylic acid groups (broad SMARTS) is 1. The number of halogens is 2. The van der Waals surface area contributed by atoms with E-state index in [2.05, 4.69) is 10.6 Å². The molecule has 0 aromatic heterocycles. The largest absolute Gasteiger partial charge is 0.490 e. The first kappa shape index (κ1) is 24.6. The Kier molecular flexibility index (Phi) is 7.63. The Balaban J connectivity index is 1.24. The topological polar surface area (TPSA) is 105 Å². The minimum absolute atomic E-state index is 0.00528. The Morgan fingerprint density at radius 1 is 0.857 bits per heavy atom. The minimum Gasteiger partial charge on any atom is -0.490 e. The van der Waals surface area contributed by atoms with Gasteiger partial charge in [0, 0.05) is 30.8 Å². The quantitative estimate of drug-likeness (QED) is 0.465. The number of ether oxygens (including phenoxy) is 1. The molecule has 4 rings (SSSR count). The fraction of sp³-hybridized carbons (Fsp3) is 0.423. The highest BCUT2D eigenvalue weighted by molar-refractivity contribution is 5.95. The van der Waals surface area contributed by atoms with Gasteiger partial charge in [-0.25, -0.2) is 8.78 Å². The van der Waals surface area contributed by atoms with Gasteiger partial charge in [-0.2, -0.15) is 0 Å². The molecule has 0 spiro atoms. The molecule has 2 aromatic carbocycles. The van der Waals surface area contributed by atoms with E-state index in [9.17, 15) is 23.2 Å². The van der Waals surface area contributed by atoms with Crippen LogP contribution in [0.1, 0.15) is 70.7 Å². The summed E-state index contributed by atoms with van der Waals surface area (Å²) in [5.41, 5.74) is 0.999. The van der Waals surface area contributed by atoms with Crippen molar-refractivity contribution < 1.29 is 33.0 Å². The maximum Gasteiger partial charge on any atom is 0.306 e. The molecule has 2 fully saturated rings. The van der Waals surface area contributed by atoms with Gasteiger partial charge in [0.15, 0.2) is 0 Å². The first-order chi connectivity index (χ1) is 16.8. The predicted molar refractivity (Wildman–Crippen MR) is 123 cm³/mol. The minimum atomic E-state index is -1.06. The molecular formula is C26H28F2N2O5. The molecule has 2 aliphatic carbocycles. The number of benzene rings is 2. The second-order valence-electron chi connectivity index (χ2n) is 9.10. The van der Waals surface area contributed by atoms with Crippen LogP contribution in [0.5, 0.6) is 5.75 Å². The van der Waals surface area contributed by atoms with Crippen molar-refractivity contribution in [3.8, 4) is 5.75 Å². The molecular weight excluding hydrogens is 458 g/mol. The zero-order valence-corrected chi connectivity index (χ0v) is 19.2. The summed E-state index contributed by atoms with van der Waals surface area (Å²) in [5, 5.41) is 14.1. The summed E-state index contributed by atoms with van der Waals surface area (Å²) in [4.78, 5) is 35.6. The van der Waals surface area contributed by atoms with Gasteiger partial charge < -0.3 is 20.5 Å². The highest BCUT2D eigenvalue weighted by atomic mass is 19.1. The molecule has 2 saturated carbocycles. The summed E-state index contributed by atoms with van der Waals surface area (Å²) < 4.78 is 34.6. The van der Waals surface area contributed by atoms with Gasteiger partial charge in [-0.3, -0.25) is 14.4 Å². The van der Waals surface area contributed by atoms with Crippen LogP contribution in [0, 0.1) is 17.6 Å². The third kappa shape index (κ3) is 6.35. The number of carboxylic acids is 1. The number of carbonyl (C=O) groups excluding carboxylic acids is 2. The van der Waals surface area contributed by atoms with Gasteiger partial charge in [-0.05, 0) is 62.1 Å². The lowest BCUT2D eigenvalue weighted by molar-refractivity contribution is -0.143. The van der Waals surface area contributed by atoms with Crippen LogP contribution in [0.4, 0.5) is 8.78 Å². The smallest absolute Gasteiger partial charge is 0.306 e. The molecule has 186 valence electrons. The van der Waals surface area contributed by atoms with Gasteiger partial charge in [0.2, 0.25) is 0 Å². The number of amides is 2. The maximum atomic E-state index is 14.5. The molecule has 2 amide bonds. The number of carbonyl (C=O) groups is 3. The second-order valence-corrected chi connectivity index (χ2v) is 9.10. The molecule has 7 nitrogen and oxygen atoms in total. The third-order valence-corrected chi connectivity index (χ3v) is 6.49. The average molecular weight is 487 g/mol. The fourth-order valence-electron chi connectivity index (χ4n) is 4.32. The Bertz CT molecular complexity index is 1070. The number of hydrogen-bond donors (Lipinski definition) is 3. The standard InChI is InChI=1S/C26H28F2N2O5/c27-21-13-20(35-19-9-7-18(8-10-19)26(33)34)14-22(28)23(21)25(32)30-12-11-29-24(31)17-5-3-16(4-6-17)15-1-2-15/h3-6,13-15,18-19H,1-2,7-12H2,(H,29,31)(H,30,32)(H,33,34). The second kappa shape index (κ2) is 10.8. The van der Waals surface area contributed by atoms with E-state index < -0.39 is 35.0 Å². The van der Waals surface area contributed by atoms with Crippen LogP contribution in [0.25, 0.3) is 0 Å². The summed E-state index contributed by atoms with van der Waals surface area (Å²) in [7, 11) is 0. The number of nitrogens with one attached hydrogen (secondary N) is 2. The van der Waals surface area contributed by atoms with E-state index in [4.69, 9.17) is 9.84 Å². The highest BCUT2D eigenvalue weighted by Crippen LogP contribution is 2.39. The van der Waals surface area contributed by atoms with Crippen LogP contribution < -0.4 is 15.4 Å². The lowest BCUT2D eigenvalue weighted by atomic mass is 9.87. The molecule has 3 N–H and O–H groups in total. The van der Waals surface area contributed by atoms with Crippen molar-refractivity contribution in [1.29, 1.82) is 0 Å². The molecule has 0 bridgehead atoms. The Morgan fingerprint density at radius 2 is 1.43 bits per heavy atom. The van der Waals surface area contributed by atoms with Gasteiger partial charge >= 0.3 is 5.97 Å². The summed E-state index contributed by atoms with van der Waals surface area (Å²) in [6.45, 7) is 0.0904. The van der Waals surface area contributed by atoms with Crippen molar-refractivity contribution in [2.24, 2.45) is 5.92 Å². The molecule has 0 unspecified atom stereocenters. The van der Waals surface area contributed by atoms with Gasteiger partial charge in [0.25, 0.3) is 11.8 Å². The molecule has 0 aliphatic heterocycles. The Labute approximate surface area is 201 Å². The molecule has 9 heteroatoms. The van der Waals surface area contributed by atoms with E-state index in [0.717, 1.165) is 12.1 Å². The molecule has 0 saturated heterocycles. The molecule has 2 aromatic rings. The summed E-state index contributed by atoms with van der Waals surface area (Å²) in [6.07, 6.45) is 3.84. The molecule has 2 aliphatic rings. The fourth-order valence-corrected chi connectivity index (χ4v) is 4.32. The van der Waals surface area contributed by atoms with Crippen molar-refractivity contribution >= 4 is 17.8 Å². The van der Waals surface area contributed by atoms with E-state index in [0.29, 0.717) is 37.2 Å². The van der Waals surface area contributed by atoms with Gasteiger partial charge in [-0.15, -0.1) is 0 Å². The predicted octanol–water partition coefficient (Wildman–Crippen LogP) is 4.02. The van der Waals surface area contributed by atoms with Crippen molar-refractivity contribution in [1.82, 2.24) is 10.6 Å². The van der Waals surface area contributed by atoms with E-state index in [1.807, 2.05) is 12.1 Å². The van der Waals surface area contributed by atoms with E-state index in [1.165, 1.54) is 18.4 Å². The number of hydrogen-bond acceptors (Lipinski definition) is 4. The zero-order valence-electron chi connectivity index (χ0n) is 19.2. The van der Waals surface area contributed by atoms with Crippen LogP contribution in [-0.2, 0) is 4.79 Å². The normalized spacial score (nSPS) is 19.6. The van der Waals surface area contributed by atoms with Crippen molar-refractivity contribution in [2.75, 3.05) is 13.1 Å². The van der Waals surface area contributed by atoms with Crippen LogP contribution in [0.3, 0.4) is 0 Å². The van der Waals surface area contributed by atoms with Crippen LogP contribution >= 0.6 is 0 Å². The zero-order chi connectivity index (χ0) is 24.9. The monoisotopic (exact) mass is 486 g/mol. The van der Waals surface area contributed by atoms with Gasteiger partial charge in [0.05, 0.1) is 12.0 Å². The maximum absolute atomic E-state index is 14.5. The summed E-state index contributed by atoms with van der Waals surface area (Å²) >= 11 is 0. The first-order valence-corrected chi connectivity index (χ1v) is 11.9. The molecule has 0 atom stereocenters. The van der Waals surface area contributed by atoms with Gasteiger partial charge in [0.1, 0.15) is 22.9 Å². The third-order valence-electron chi connectivity index (χ3n) is 6.49. The van der Waals surface area contributed by atoms with E-state index in [-0.39, 0.29) is 30.9 Å². The Hall–Kier alpha value is -3.49. The summed E-state index contributed by atoms with van der Waals surface area (Å²) in [5.74, 6) is -4.06. The number of aliphatic carboxylic acids is 1. The Morgan fingerprint density at radius 3 is 1.97 bits per heavy atom.